The van der Waals surface area contributed by atoms with E-state index in [4.69, 9.17) is 0 Å². The highest BCUT2D eigenvalue weighted by atomic mass is 19.1. The summed E-state index contributed by atoms with van der Waals surface area (Å²) in [5, 5.41) is 2.68. The first-order valence-corrected chi connectivity index (χ1v) is 10.5. The Bertz CT molecular complexity index is 694. The molecule has 0 bridgehead atoms. The molecule has 1 saturated heterocycles. The first kappa shape index (κ1) is 24.0. The van der Waals surface area contributed by atoms with Gasteiger partial charge in [-0.05, 0) is 41.3 Å². The Labute approximate surface area is 178 Å². The molecule has 0 aromatic heterocycles. The van der Waals surface area contributed by atoms with Crippen molar-refractivity contribution < 1.29 is 13.6 Å². The quantitative estimate of drug-likeness (QED) is 0.545. The van der Waals surface area contributed by atoms with E-state index in [0.29, 0.717) is 6.54 Å². The van der Waals surface area contributed by atoms with Crippen LogP contribution in [-0.2, 0) is 4.79 Å². The lowest BCUT2D eigenvalue weighted by atomic mass is 9.96. The molecule has 164 valence electrons. The molecule has 0 unspecified atom stereocenters. The molecule has 0 aliphatic carbocycles. The van der Waals surface area contributed by atoms with Crippen molar-refractivity contribution in [1.82, 2.24) is 15.1 Å². The van der Waals surface area contributed by atoms with E-state index in [0.717, 1.165) is 56.2 Å². The maximum Gasteiger partial charge on any atom is 0.207 e. The minimum atomic E-state index is -0.265. The molecule has 4 nitrogen and oxygen atoms in total. The Hall–Kier alpha value is -2.31. The third-order valence-electron chi connectivity index (χ3n) is 4.80. The smallest absolute Gasteiger partial charge is 0.207 e. The molecule has 6 heteroatoms. The lowest BCUT2D eigenvalue weighted by molar-refractivity contribution is -0.109. The van der Waals surface area contributed by atoms with Gasteiger partial charge in [0.2, 0.25) is 6.41 Å². The summed E-state index contributed by atoms with van der Waals surface area (Å²) in [4.78, 5) is 15.0. The van der Waals surface area contributed by atoms with E-state index >= 15 is 0 Å². The average Bonchev–Trinajstić information content (AvgIpc) is 2.72. The highest BCUT2D eigenvalue weighted by Crippen LogP contribution is 2.30. The second-order valence-corrected chi connectivity index (χ2v) is 8.19. The van der Waals surface area contributed by atoms with Crippen molar-refractivity contribution >= 4 is 6.41 Å². The maximum atomic E-state index is 13.3. The van der Waals surface area contributed by atoms with E-state index in [1.54, 1.807) is 24.3 Å². The predicted molar refractivity (Wildman–Crippen MR) is 117 cm³/mol. The van der Waals surface area contributed by atoms with Crippen LogP contribution in [0.25, 0.3) is 0 Å². The fourth-order valence-corrected chi connectivity index (χ4v) is 3.43. The number of hydrogen-bond donors (Lipinski definition) is 1. The van der Waals surface area contributed by atoms with Crippen molar-refractivity contribution in [2.75, 3.05) is 39.3 Å². The first-order chi connectivity index (χ1) is 14.4. The number of carbonyl (C=O) groups excluding carboxylic acids is 1. The zero-order chi connectivity index (χ0) is 21.9. The standard InChI is InChI=1S/C20H23F2N3O.C4H10/c21-18-5-1-16(2-6-18)20(17-3-7-19(22)8-4-17)25-13-11-24(12-14-25)10-9-23-15-26;1-4(2)3/h1-8,15,20H,9-14H2,(H,23,26);4H,1-3H3. The summed E-state index contributed by atoms with van der Waals surface area (Å²) in [6.07, 6.45) is 0.718. The number of piperazine rings is 1. The molecule has 1 N–H and O–H groups in total. The molecule has 2 aromatic rings. The molecule has 1 aliphatic rings. The lowest BCUT2D eigenvalue weighted by Crippen LogP contribution is -2.49. The van der Waals surface area contributed by atoms with Crippen molar-refractivity contribution in [3.8, 4) is 0 Å². The molecule has 30 heavy (non-hydrogen) atoms. The van der Waals surface area contributed by atoms with Gasteiger partial charge in [-0.2, -0.15) is 0 Å². The number of hydrogen-bond acceptors (Lipinski definition) is 3. The minimum Gasteiger partial charge on any atom is -0.357 e. The van der Waals surface area contributed by atoms with Gasteiger partial charge >= 0.3 is 0 Å². The van der Waals surface area contributed by atoms with Gasteiger partial charge in [-0.25, -0.2) is 8.78 Å². The number of rotatable bonds is 7. The summed E-state index contributed by atoms with van der Waals surface area (Å²) < 4.78 is 26.7. The molecule has 3 rings (SSSR count). The molecule has 1 fully saturated rings. The second kappa shape index (κ2) is 12.4. The lowest BCUT2D eigenvalue weighted by Gasteiger charge is -2.39. The van der Waals surface area contributed by atoms with Crippen LogP contribution in [0, 0.1) is 17.6 Å². The number of nitrogens with one attached hydrogen (secondary N) is 1. The molecule has 1 aliphatic heterocycles. The van der Waals surface area contributed by atoms with Crippen LogP contribution in [0.4, 0.5) is 8.78 Å². The highest BCUT2D eigenvalue weighted by molar-refractivity contribution is 5.45. The van der Waals surface area contributed by atoms with Crippen molar-refractivity contribution in [3.05, 3.63) is 71.3 Å². The number of nitrogens with zero attached hydrogens (tertiary/aromatic N) is 2. The Kier molecular flexibility index (Phi) is 9.91. The van der Waals surface area contributed by atoms with Crippen molar-refractivity contribution in [2.45, 2.75) is 26.8 Å². The molecule has 0 saturated carbocycles. The molecule has 0 radical (unpaired) electrons. The third-order valence-corrected chi connectivity index (χ3v) is 4.80. The number of carbonyl (C=O) groups is 1. The van der Waals surface area contributed by atoms with Gasteiger partial charge < -0.3 is 5.32 Å². The van der Waals surface area contributed by atoms with Gasteiger partial charge in [0.05, 0.1) is 6.04 Å². The summed E-state index contributed by atoms with van der Waals surface area (Å²) in [5.41, 5.74) is 1.99. The number of amides is 1. The van der Waals surface area contributed by atoms with Gasteiger partial charge in [0.1, 0.15) is 11.6 Å². The van der Waals surface area contributed by atoms with Crippen molar-refractivity contribution in [2.24, 2.45) is 5.92 Å². The fourth-order valence-electron chi connectivity index (χ4n) is 3.43. The molecule has 0 spiro atoms. The minimum absolute atomic E-state index is 0.0357. The normalized spacial score (nSPS) is 15.0. The first-order valence-electron chi connectivity index (χ1n) is 10.5. The molecular weight excluding hydrogens is 384 g/mol. The zero-order valence-corrected chi connectivity index (χ0v) is 18.2. The molecule has 1 heterocycles. The van der Waals surface area contributed by atoms with Crippen LogP contribution in [0.15, 0.2) is 48.5 Å². The highest BCUT2D eigenvalue weighted by Gasteiger charge is 2.26. The Morgan fingerprint density at radius 1 is 0.867 bits per heavy atom. The third kappa shape index (κ3) is 7.84. The molecule has 0 atom stereocenters. The maximum absolute atomic E-state index is 13.3. The van der Waals surface area contributed by atoms with Crippen LogP contribution < -0.4 is 5.32 Å². The van der Waals surface area contributed by atoms with Crippen LogP contribution in [0.1, 0.15) is 37.9 Å². The van der Waals surface area contributed by atoms with Crippen LogP contribution in [-0.4, -0.2) is 55.5 Å². The van der Waals surface area contributed by atoms with Gasteiger partial charge in [0, 0.05) is 39.3 Å². The largest absolute Gasteiger partial charge is 0.357 e. The van der Waals surface area contributed by atoms with E-state index < -0.39 is 0 Å². The molecule has 2 aromatic carbocycles. The van der Waals surface area contributed by atoms with E-state index in [-0.39, 0.29) is 17.7 Å². The molecule has 1 amide bonds. The average molecular weight is 418 g/mol. The van der Waals surface area contributed by atoms with Crippen molar-refractivity contribution in [1.29, 1.82) is 0 Å². The van der Waals surface area contributed by atoms with Crippen LogP contribution in [0.2, 0.25) is 0 Å². The molecular formula is C24H33F2N3O. The van der Waals surface area contributed by atoms with E-state index in [1.165, 1.54) is 24.3 Å². The number of halogens is 2. The van der Waals surface area contributed by atoms with E-state index in [1.807, 2.05) is 0 Å². The topological polar surface area (TPSA) is 35.6 Å². The Balaban J connectivity index is 0.000000735. The fraction of sp³-hybridized carbons (Fsp3) is 0.458. The van der Waals surface area contributed by atoms with Gasteiger partial charge in [-0.1, -0.05) is 45.0 Å². The second-order valence-electron chi connectivity index (χ2n) is 8.19. The van der Waals surface area contributed by atoms with E-state index in [9.17, 15) is 13.6 Å². The monoisotopic (exact) mass is 417 g/mol. The summed E-state index contributed by atoms with van der Waals surface area (Å²) in [6.45, 7) is 11.4. The van der Waals surface area contributed by atoms with Gasteiger partial charge in [-0.3, -0.25) is 14.6 Å². The SMILES string of the molecule is CC(C)C.O=CNCCN1CCN(C(c2ccc(F)cc2)c2ccc(F)cc2)CC1. The summed E-state index contributed by atoms with van der Waals surface area (Å²) >= 11 is 0. The van der Waals surface area contributed by atoms with Crippen molar-refractivity contribution in [3.63, 3.8) is 0 Å². The van der Waals surface area contributed by atoms with Crippen LogP contribution >= 0.6 is 0 Å². The predicted octanol–water partition coefficient (Wildman–Crippen LogP) is 4.08. The van der Waals surface area contributed by atoms with Crippen LogP contribution in [0.5, 0.6) is 0 Å². The zero-order valence-electron chi connectivity index (χ0n) is 18.2. The summed E-state index contributed by atoms with van der Waals surface area (Å²) in [6, 6.07) is 13.0. The van der Waals surface area contributed by atoms with E-state index in [2.05, 4.69) is 35.9 Å². The Morgan fingerprint density at radius 2 is 1.30 bits per heavy atom. The summed E-state index contributed by atoms with van der Waals surface area (Å²) in [5.74, 6) is 0.304. The van der Waals surface area contributed by atoms with Gasteiger partial charge in [0.15, 0.2) is 0 Å². The van der Waals surface area contributed by atoms with Crippen LogP contribution in [0.3, 0.4) is 0 Å². The summed E-state index contributed by atoms with van der Waals surface area (Å²) in [7, 11) is 0. The van der Waals surface area contributed by atoms with Gasteiger partial charge in [-0.15, -0.1) is 0 Å². The van der Waals surface area contributed by atoms with Gasteiger partial charge in [0.25, 0.3) is 0 Å². The number of benzene rings is 2. The Morgan fingerprint density at radius 3 is 1.70 bits per heavy atom.